The van der Waals surface area contributed by atoms with Gasteiger partial charge in [0.05, 0.1) is 9.82 Å². The molecule has 1 aliphatic rings. The average Bonchev–Trinajstić information content (AvgIpc) is 3.11. The molecule has 0 saturated carbocycles. The molecule has 9 nitrogen and oxygen atoms in total. The Bertz CT molecular complexity index is 831. The van der Waals surface area contributed by atoms with Gasteiger partial charge in [0.25, 0.3) is 5.69 Å². The first-order chi connectivity index (χ1) is 12.5. The normalized spacial score (nSPS) is 17.8. The van der Waals surface area contributed by atoms with Crippen molar-refractivity contribution in [1.29, 1.82) is 0 Å². The number of nitro benzene ring substituents is 1. The van der Waals surface area contributed by atoms with Gasteiger partial charge in [-0.3, -0.25) is 14.9 Å². The molecule has 1 saturated heterocycles. The van der Waals surface area contributed by atoms with Gasteiger partial charge in [-0.15, -0.1) is 12.4 Å². The zero-order valence-corrected chi connectivity index (χ0v) is 17.8. The van der Waals surface area contributed by atoms with Crippen LogP contribution in [-0.2, 0) is 14.8 Å². The topological polar surface area (TPSA) is 127 Å². The van der Waals surface area contributed by atoms with Crippen molar-refractivity contribution in [1.82, 2.24) is 9.21 Å². The second-order valence-electron chi connectivity index (χ2n) is 7.59. The van der Waals surface area contributed by atoms with Crippen LogP contribution in [0.15, 0.2) is 29.2 Å². The maximum Gasteiger partial charge on any atom is 0.270 e. The van der Waals surface area contributed by atoms with Gasteiger partial charge in [-0.05, 0) is 30.9 Å². The fraction of sp³-hybridized carbons (Fsp3) is 0.588. The van der Waals surface area contributed by atoms with E-state index in [0.717, 1.165) is 10.4 Å². The van der Waals surface area contributed by atoms with Gasteiger partial charge in [0, 0.05) is 32.3 Å². The number of non-ortho nitro benzene ring substituents is 1. The number of nitrogens with two attached hydrogens (primary N) is 1. The van der Waals surface area contributed by atoms with Crippen molar-refractivity contribution >= 4 is 34.0 Å². The molecule has 1 aliphatic heterocycles. The Morgan fingerprint density at radius 1 is 1.43 bits per heavy atom. The minimum absolute atomic E-state index is 0. The van der Waals surface area contributed by atoms with Gasteiger partial charge in [0.2, 0.25) is 15.9 Å². The SMILES string of the molecule is CN(CC(C)(C)CN)C(=O)C1CCCN1S(=O)(=O)c1cccc([N+](=O)[O-])c1.Cl. The van der Waals surface area contributed by atoms with E-state index in [-0.39, 0.29) is 40.9 Å². The van der Waals surface area contributed by atoms with Crippen LogP contribution in [0.1, 0.15) is 26.7 Å². The summed E-state index contributed by atoms with van der Waals surface area (Å²) < 4.78 is 27.2. The molecule has 0 aromatic heterocycles. The number of carbonyl (C=O) groups excluding carboxylic acids is 1. The van der Waals surface area contributed by atoms with Crippen LogP contribution in [0, 0.1) is 15.5 Å². The van der Waals surface area contributed by atoms with Crippen LogP contribution < -0.4 is 5.73 Å². The summed E-state index contributed by atoms with van der Waals surface area (Å²) in [5.41, 5.74) is 5.13. The first-order valence-corrected chi connectivity index (χ1v) is 10.1. The standard InChI is InChI=1S/C17H26N4O5S.ClH/c1-17(2,11-18)12-19(3)16(22)15-8-5-9-20(15)27(25,26)14-7-4-6-13(10-14)21(23)24;/h4,6-7,10,15H,5,8-9,11-12,18H2,1-3H3;1H. The van der Waals surface area contributed by atoms with Gasteiger partial charge in [-0.25, -0.2) is 8.42 Å². The molecule has 1 fully saturated rings. The molecule has 0 aliphatic carbocycles. The van der Waals surface area contributed by atoms with Crippen molar-refractivity contribution in [2.75, 3.05) is 26.7 Å². The van der Waals surface area contributed by atoms with Crippen LogP contribution in [-0.4, -0.2) is 61.2 Å². The Labute approximate surface area is 171 Å². The average molecular weight is 435 g/mol. The van der Waals surface area contributed by atoms with E-state index in [0.29, 0.717) is 25.9 Å². The van der Waals surface area contributed by atoms with Crippen molar-refractivity contribution in [3.8, 4) is 0 Å². The fourth-order valence-electron chi connectivity index (χ4n) is 3.21. The predicted molar refractivity (Wildman–Crippen MR) is 108 cm³/mol. The van der Waals surface area contributed by atoms with Gasteiger partial charge in [0.15, 0.2) is 0 Å². The largest absolute Gasteiger partial charge is 0.344 e. The number of rotatable bonds is 7. The summed E-state index contributed by atoms with van der Waals surface area (Å²) in [7, 11) is -2.38. The number of nitrogens with zero attached hydrogens (tertiary/aromatic N) is 3. The number of halogens is 1. The molecule has 1 atom stereocenters. The zero-order valence-electron chi connectivity index (χ0n) is 16.2. The monoisotopic (exact) mass is 434 g/mol. The number of amides is 1. The van der Waals surface area contributed by atoms with Crippen molar-refractivity contribution in [2.24, 2.45) is 11.1 Å². The molecule has 11 heteroatoms. The zero-order chi connectivity index (χ0) is 20.4. The second kappa shape index (κ2) is 9.17. The highest BCUT2D eigenvalue weighted by Gasteiger charge is 2.41. The molecule has 1 aromatic rings. The lowest BCUT2D eigenvalue weighted by Crippen LogP contribution is -2.49. The summed E-state index contributed by atoms with van der Waals surface area (Å²) in [6, 6.07) is 4.08. The van der Waals surface area contributed by atoms with Crippen molar-refractivity contribution in [3.05, 3.63) is 34.4 Å². The number of hydrogen-bond acceptors (Lipinski definition) is 6. The molecule has 1 heterocycles. The molecular weight excluding hydrogens is 408 g/mol. The van der Waals surface area contributed by atoms with Crippen LogP contribution in [0.25, 0.3) is 0 Å². The van der Waals surface area contributed by atoms with E-state index in [1.54, 1.807) is 7.05 Å². The summed E-state index contributed by atoms with van der Waals surface area (Å²) in [6.45, 7) is 4.87. The minimum Gasteiger partial charge on any atom is -0.344 e. The fourth-order valence-corrected chi connectivity index (χ4v) is 4.90. The number of hydrogen-bond donors (Lipinski definition) is 1. The van der Waals surface area contributed by atoms with E-state index >= 15 is 0 Å². The van der Waals surface area contributed by atoms with Crippen molar-refractivity contribution in [2.45, 2.75) is 37.6 Å². The second-order valence-corrected chi connectivity index (χ2v) is 9.48. The first kappa shape index (κ1) is 24.3. The summed E-state index contributed by atoms with van der Waals surface area (Å²) in [4.78, 5) is 24.5. The van der Waals surface area contributed by atoms with E-state index in [1.165, 1.54) is 23.1 Å². The molecule has 0 bridgehead atoms. The number of sulfonamides is 1. The molecule has 28 heavy (non-hydrogen) atoms. The van der Waals surface area contributed by atoms with Crippen LogP contribution in [0.3, 0.4) is 0 Å². The third-order valence-electron chi connectivity index (χ3n) is 4.72. The predicted octanol–water partition coefficient (Wildman–Crippen LogP) is 1.61. The van der Waals surface area contributed by atoms with Crippen LogP contribution >= 0.6 is 12.4 Å². The van der Waals surface area contributed by atoms with E-state index in [2.05, 4.69) is 0 Å². The van der Waals surface area contributed by atoms with Crippen molar-refractivity contribution in [3.63, 3.8) is 0 Å². The van der Waals surface area contributed by atoms with E-state index in [1.807, 2.05) is 13.8 Å². The molecule has 1 aromatic carbocycles. The third kappa shape index (κ3) is 5.19. The molecule has 0 spiro atoms. The highest BCUT2D eigenvalue weighted by atomic mass is 35.5. The Morgan fingerprint density at radius 2 is 2.07 bits per heavy atom. The van der Waals surface area contributed by atoms with Gasteiger partial charge in [-0.1, -0.05) is 19.9 Å². The van der Waals surface area contributed by atoms with Gasteiger partial charge in [0.1, 0.15) is 6.04 Å². The smallest absolute Gasteiger partial charge is 0.270 e. The summed E-state index contributed by atoms with van der Waals surface area (Å²) in [5.74, 6) is -0.289. The maximum atomic E-state index is 13.0. The first-order valence-electron chi connectivity index (χ1n) is 8.71. The molecule has 1 unspecified atom stereocenters. The molecular formula is C17H27ClN4O5S. The number of nitro groups is 1. The van der Waals surface area contributed by atoms with Crippen molar-refractivity contribution < 1.29 is 18.1 Å². The quantitative estimate of drug-likeness (QED) is 0.513. The summed E-state index contributed by atoms with van der Waals surface area (Å²) >= 11 is 0. The van der Waals surface area contributed by atoms with Gasteiger partial charge in [-0.2, -0.15) is 4.31 Å². The number of benzene rings is 1. The third-order valence-corrected chi connectivity index (χ3v) is 6.62. The lowest BCUT2D eigenvalue weighted by atomic mass is 9.93. The maximum absolute atomic E-state index is 13.0. The van der Waals surface area contributed by atoms with Crippen LogP contribution in [0.2, 0.25) is 0 Å². The molecule has 2 rings (SSSR count). The van der Waals surface area contributed by atoms with Crippen LogP contribution in [0.4, 0.5) is 5.69 Å². The lowest BCUT2D eigenvalue weighted by Gasteiger charge is -2.32. The van der Waals surface area contributed by atoms with E-state index in [4.69, 9.17) is 5.73 Å². The Balaban J connectivity index is 0.00000392. The molecule has 1 amide bonds. The van der Waals surface area contributed by atoms with E-state index < -0.39 is 21.0 Å². The highest BCUT2D eigenvalue weighted by molar-refractivity contribution is 7.89. The lowest BCUT2D eigenvalue weighted by molar-refractivity contribution is -0.385. The Kier molecular flexibility index (Phi) is 7.95. The Morgan fingerprint density at radius 3 is 2.64 bits per heavy atom. The summed E-state index contributed by atoms with van der Waals surface area (Å²) in [6.07, 6.45) is 0.971. The molecule has 158 valence electrons. The summed E-state index contributed by atoms with van der Waals surface area (Å²) in [5, 5.41) is 11.0. The Hall–Kier alpha value is -1.75. The highest BCUT2D eigenvalue weighted by Crippen LogP contribution is 2.29. The van der Waals surface area contributed by atoms with E-state index in [9.17, 15) is 23.3 Å². The van der Waals surface area contributed by atoms with Crippen LogP contribution in [0.5, 0.6) is 0 Å². The molecule has 0 radical (unpaired) electrons. The van der Waals surface area contributed by atoms with Gasteiger partial charge < -0.3 is 10.6 Å². The minimum atomic E-state index is -4.01. The number of carbonyl (C=O) groups is 1. The number of likely N-dealkylation sites (N-methyl/N-ethyl adjacent to an activating group) is 1. The molecule has 2 N–H and O–H groups in total. The van der Waals surface area contributed by atoms with Gasteiger partial charge >= 0.3 is 0 Å².